The Kier molecular flexibility index (Phi) is 6.41. The van der Waals surface area contributed by atoms with E-state index >= 15 is 0 Å². The van der Waals surface area contributed by atoms with Crippen LogP contribution in [0.3, 0.4) is 0 Å². The molecule has 0 fully saturated rings. The van der Waals surface area contributed by atoms with Crippen molar-refractivity contribution in [2.45, 2.75) is 0 Å². The minimum atomic E-state index is -0.474. The molecule has 0 radical (unpaired) electrons. The Balaban J connectivity index is 1.40. The molecule has 3 N–H and O–H groups in total. The standard InChI is InChI=1S/C23H15Cl2N3O3S/c24-14-8-9-17(18(25)11-14)21(29)28-23(32)27-16-6-3-5-15(12-16)26-22(30)20-10-13-4-1-2-7-19(13)31-20/h1-12H,(H,26,30)(H2,27,28,29,32). The molecule has 0 saturated heterocycles. The van der Waals surface area contributed by atoms with Crippen LogP contribution >= 0.6 is 35.4 Å². The number of nitrogens with one attached hydrogen (secondary N) is 3. The number of halogens is 2. The fourth-order valence-electron chi connectivity index (χ4n) is 2.97. The molecule has 0 bridgehead atoms. The number of hydrogen-bond donors (Lipinski definition) is 3. The Hall–Kier alpha value is -3.39. The van der Waals surface area contributed by atoms with Gasteiger partial charge in [0.2, 0.25) is 0 Å². The summed E-state index contributed by atoms with van der Waals surface area (Å²) in [4.78, 5) is 24.9. The van der Waals surface area contributed by atoms with Crippen LogP contribution in [-0.2, 0) is 0 Å². The predicted molar refractivity (Wildman–Crippen MR) is 131 cm³/mol. The van der Waals surface area contributed by atoms with E-state index in [-0.39, 0.29) is 27.4 Å². The molecule has 0 aliphatic rings. The number of carbonyl (C=O) groups is 2. The van der Waals surface area contributed by atoms with E-state index in [1.807, 2.05) is 18.2 Å². The summed E-state index contributed by atoms with van der Waals surface area (Å²) in [6.07, 6.45) is 0. The maximum Gasteiger partial charge on any atom is 0.291 e. The third-order valence-corrected chi connectivity index (χ3v) is 5.18. The van der Waals surface area contributed by atoms with Crippen molar-refractivity contribution in [1.29, 1.82) is 0 Å². The van der Waals surface area contributed by atoms with Gasteiger partial charge < -0.3 is 15.1 Å². The van der Waals surface area contributed by atoms with Gasteiger partial charge in [0.05, 0.1) is 10.6 Å². The van der Waals surface area contributed by atoms with Crippen LogP contribution in [0.25, 0.3) is 11.0 Å². The summed E-state index contributed by atoms with van der Waals surface area (Å²) in [6.45, 7) is 0. The van der Waals surface area contributed by atoms with Crippen LogP contribution in [-0.4, -0.2) is 16.9 Å². The van der Waals surface area contributed by atoms with E-state index in [0.29, 0.717) is 22.0 Å². The predicted octanol–water partition coefficient (Wildman–Crippen LogP) is 6.12. The zero-order chi connectivity index (χ0) is 22.7. The summed E-state index contributed by atoms with van der Waals surface area (Å²) < 4.78 is 5.58. The van der Waals surface area contributed by atoms with Gasteiger partial charge in [0, 0.05) is 21.8 Å². The number of benzene rings is 3. The van der Waals surface area contributed by atoms with Crippen molar-refractivity contribution in [3.8, 4) is 0 Å². The molecular weight excluding hydrogens is 469 g/mol. The molecule has 0 aliphatic carbocycles. The lowest BCUT2D eigenvalue weighted by Gasteiger charge is -2.12. The average Bonchev–Trinajstić information content (AvgIpc) is 3.18. The van der Waals surface area contributed by atoms with Crippen LogP contribution in [0.2, 0.25) is 10.0 Å². The molecule has 0 saturated carbocycles. The quantitative estimate of drug-likeness (QED) is 0.304. The normalized spacial score (nSPS) is 10.6. The van der Waals surface area contributed by atoms with Crippen molar-refractivity contribution in [1.82, 2.24) is 5.32 Å². The second kappa shape index (κ2) is 9.40. The van der Waals surface area contributed by atoms with Crippen molar-refractivity contribution >= 4 is 74.7 Å². The Bertz CT molecular complexity index is 1320. The molecule has 9 heteroatoms. The monoisotopic (exact) mass is 483 g/mol. The smallest absolute Gasteiger partial charge is 0.291 e. The van der Waals surface area contributed by atoms with E-state index in [4.69, 9.17) is 39.8 Å². The van der Waals surface area contributed by atoms with Gasteiger partial charge in [-0.05, 0) is 60.7 Å². The maximum atomic E-state index is 12.5. The summed E-state index contributed by atoms with van der Waals surface area (Å²) in [6, 6.07) is 20.5. The van der Waals surface area contributed by atoms with E-state index in [2.05, 4.69) is 16.0 Å². The lowest BCUT2D eigenvalue weighted by atomic mass is 10.2. The van der Waals surface area contributed by atoms with Crippen LogP contribution in [0.5, 0.6) is 0 Å². The third kappa shape index (κ3) is 5.08. The first-order chi connectivity index (χ1) is 15.4. The maximum absolute atomic E-state index is 12.5. The number of hydrogen-bond acceptors (Lipinski definition) is 4. The van der Waals surface area contributed by atoms with Gasteiger partial charge in [0.25, 0.3) is 11.8 Å². The molecule has 0 spiro atoms. The second-order valence-corrected chi connectivity index (χ2v) is 7.97. The van der Waals surface area contributed by atoms with Gasteiger partial charge in [-0.15, -0.1) is 0 Å². The van der Waals surface area contributed by atoms with Crippen molar-refractivity contribution in [3.05, 3.63) is 94.2 Å². The van der Waals surface area contributed by atoms with Crippen LogP contribution in [0.15, 0.2) is 77.2 Å². The van der Waals surface area contributed by atoms with E-state index in [1.54, 1.807) is 42.5 Å². The molecule has 4 rings (SSSR count). The average molecular weight is 484 g/mol. The van der Waals surface area contributed by atoms with Crippen LogP contribution in [0.4, 0.5) is 11.4 Å². The SMILES string of the molecule is O=C(Nc1cccc(NC(=S)NC(=O)c2ccc(Cl)cc2Cl)c1)c1cc2ccccc2o1. The highest BCUT2D eigenvalue weighted by Gasteiger charge is 2.14. The van der Waals surface area contributed by atoms with Gasteiger partial charge >= 0.3 is 0 Å². The molecule has 0 atom stereocenters. The van der Waals surface area contributed by atoms with Crippen LogP contribution in [0.1, 0.15) is 20.9 Å². The summed E-state index contributed by atoms with van der Waals surface area (Å²) in [5.41, 5.74) is 1.97. The number of rotatable bonds is 4. The largest absolute Gasteiger partial charge is 0.451 e. The van der Waals surface area contributed by atoms with Gasteiger partial charge in [-0.3, -0.25) is 14.9 Å². The number of fused-ring (bicyclic) bond motifs is 1. The molecule has 1 heterocycles. The fraction of sp³-hybridized carbons (Fsp3) is 0. The first-order valence-corrected chi connectivity index (χ1v) is 10.5. The molecule has 2 amide bonds. The van der Waals surface area contributed by atoms with Gasteiger partial charge in [0.1, 0.15) is 5.58 Å². The van der Waals surface area contributed by atoms with E-state index in [9.17, 15) is 9.59 Å². The first-order valence-electron chi connectivity index (χ1n) is 9.36. The summed E-state index contributed by atoms with van der Waals surface area (Å²) >= 11 is 17.1. The van der Waals surface area contributed by atoms with Crippen molar-refractivity contribution < 1.29 is 14.0 Å². The number of carbonyl (C=O) groups excluding carboxylic acids is 2. The fourth-order valence-corrected chi connectivity index (χ4v) is 3.67. The molecule has 3 aromatic carbocycles. The second-order valence-electron chi connectivity index (χ2n) is 6.72. The van der Waals surface area contributed by atoms with E-state index in [0.717, 1.165) is 5.39 Å². The van der Waals surface area contributed by atoms with Crippen molar-refractivity contribution in [2.24, 2.45) is 0 Å². The molecule has 1 aromatic heterocycles. The molecular formula is C23H15Cl2N3O3S. The highest BCUT2D eigenvalue weighted by atomic mass is 35.5. The topological polar surface area (TPSA) is 83.4 Å². The Morgan fingerprint density at radius 3 is 2.31 bits per heavy atom. The summed E-state index contributed by atoms with van der Waals surface area (Å²) in [7, 11) is 0. The highest BCUT2D eigenvalue weighted by Crippen LogP contribution is 2.22. The molecule has 0 aliphatic heterocycles. The van der Waals surface area contributed by atoms with Crippen LogP contribution < -0.4 is 16.0 Å². The Morgan fingerprint density at radius 2 is 1.56 bits per heavy atom. The van der Waals surface area contributed by atoms with Crippen molar-refractivity contribution in [3.63, 3.8) is 0 Å². The lowest BCUT2D eigenvalue weighted by molar-refractivity contribution is 0.0975. The van der Waals surface area contributed by atoms with Gasteiger partial charge in [-0.1, -0.05) is 47.5 Å². The van der Waals surface area contributed by atoms with Gasteiger partial charge in [-0.25, -0.2) is 0 Å². The molecule has 160 valence electrons. The number of furan rings is 1. The Morgan fingerprint density at radius 1 is 0.812 bits per heavy atom. The molecule has 6 nitrogen and oxygen atoms in total. The van der Waals surface area contributed by atoms with E-state index in [1.165, 1.54) is 12.1 Å². The van der Waals surface area contributed by atoms with Gasteiger partial charge in [0.15, 0.2) is 10.9 Å². The molecule has 32 heavy (non-hydrogen) atoms. The number of thiocarbonyl (C=S) groups is 1. The highest BCUT2D eigenvalue weighted by molar-refractivity contribution is 7.80. The van der Waals surface area contributed by atoms with Gasteiger partial charge in [-0.2, -0.15) is 0 Å². The number of para-hydroxylation sites is 1. The minimum absolute atomic E-state index is 0.0711. The zero-order valence-electron chi connectivity index (χ0n) is 16.3. The zero-order valence-corrected chi connectivity index (χ0v) is 18.6. The van der Waals surface area contributed by atoms with Crippen LogP contribution in [0, 0.1) is 0 Å². The number of anilines is 2. The Labute approximate surface area is 198 Å². The number of amides is 2. The third-order valence-electron chi connectivity index (χ3n) is 4.43. The summed E-state index contributed by atoms with van der Waals surface area (Å²) in [5.74, 6) is -0.655. The molecule has 0 unspecified atom stereocenters. The lowest BCUT2D eigenvalue weighted by Crippen LogP contribution is -2.34. The minimum Gasteiger partial charge on any atom is -0.451 e. The first kappa shape index (κ1) is 21.8. The van der Waals surface area contributed by atoms with Crippen molar-refractivity contribution in [2.75, 3.05) is 10.6 Å². The molecule has 4 aromatic rings. The van der Waals surface area contributed by atoms with E-state index < -0.39 is 5.91 Å². The summed E-state index contributed by atoms with van der Waals surface area (Å²) in [5, 5.41) is 9.79.